The number of hydrogen-bond acceptors (Lipinski definition) is 5. The highest BCUT2D eigenvalue weighted by Crippen LogP contribution is 2.07. The fourth-order valence-corrected chi connectivity index (χ4v) is 1.15. The van der Waals surface area contributed by atoms with Crippen LogP contribution in [0.4, 0.5) is 4.79 Å². The maximum atomic E-state index is 11.2. The quantitative estimate of drug-likeness (QED) is 0.810. The van der Waals surface area contributed by atoms with Gasteiger partial charge in [0.1, 0.15) is 5.60 Å². The Labute approximate surface area is 128 Å². The minimum atomic E-state index is -0.473. The summed E-state index contributed by atoms with van der Waals surface area (Å²) >= 11 is 0. The third-order valence-electron chi connectivity index (χ3n) is 2.16. The third kappa shape index (κ3) is 20.7. The summed E-state index contributed by atoms with van der Waals surface area (Å²) in [5, 5.41) is 19.0. The number of alkyl carbamates (subject to hydrolysis) is 1. The van der Waals surface area contributed by atoms with E-state index in [1.54, 1.807) is 0 Å². The molecule has 0 aromatic heterocycles. The molecule has 2 atom stereocenters. The number of nitrogens with zero attached hydrogens (tertiary/aromatic N) is 2. The van der Waals surface area contributed by atoms with Crippen LogP contribution in [-0.2, 0) is 4.74 Å². The van der Waals surface area contributed by atoms with Crippen molar-refractivity contribution < 1.29 is 9.53 Å². The van der Waals surface area contributed by atoms with Crippen molar-refractivity contribution in [2.75, 3.05) is 0 Å². The molecule has 6 heteroatoms. The molecule has 0 saturated carbocycles. The molecule has 0 aromatic rings. The summed E-state index contributed by atoms with van der Waals surface area (Å²) in [4.78, 5) is 11.2. The monoisotopic (exact) mass is 296 g/mol. The van der Waals surface area contributed by atoms with Crippen LogP contribution in [0.2, 0.25) is 0 Å². The molecule has 0 radical (unpaired) electrons. The topological polar surface area (TPSA) is 112 Å². The van der Waals surface area contributed by atoms with Crippen molar-refractivity contribution in [3.8, 4) is 12.1 Å². The second-order valence-electron chi connectivity index (χ2n) is 5.92. The number of nitrogens with one attached hydrogen (secondary N) is 1. The number of nitriles is 2. The lowest BCUT2D eigenvalue weighted by Crippen LogP contribution is -2.37. The van der Waals surface area contributed by atoms with Gasteiger partial charge in [-0.1, -0.05) is 0 Å². The normalized spacial score (nSPS) is 12.8. The van der Waals surface area contributed by atoms with Gasteiger partial charge in [-0.05, 0) is 47.5 Å². The highest BCUT2D eigenvalue weighted by atomic mass is 16.6. The van der Waals surface area contributed by atoms with Crippen LogP contribution in [-0.4, -0.2) is 23.8 Å². The number of ether oxygens (including phenoxy) is 1. The second kappa shape index (κ2) is 12.0. The van der Waals surface area contributed by atoms with Crippen molar-refractivity contribution in [1.29, 1.82) is 10.5 Å². The van der Waals surface area contributed by atoms with Crippen LogP contribution in [0.1, 0.15) is 60.3 Å². The van der Waals surface area contributed by atoms with E-state index < -0.39 is 11.7 Å². The van der Waals surface area contributed by atoms with Gasteiger partial charge in [-0.3, -0.25) is 0 Å². The zero-order valence-electron chi connectivity index (χ0n) is 13.8. The maximum absolute atomic E-state index is 11.2. The molecule has 3 N–H and O–H groups in total. The Morgan fingerprint density at radius 3 is 2.00 bits per heavy atom. The van der Waals surface area contributed by atoms with E-state index in [-0.39, 0.29) is 12.1 Å². The van der Waals surface area contributed by atoms with Gasteiger partial charge in [-0.25, -0.2) is 4.79 Å². The van der Waals surface area contributed by atoms with Crippen molar-refractivity contribution in [3.05, 3.63) is 0 Å². The van der Waals surface area contributed by atoms with Gasteiger partial charge in [0.25, 0.3) is 0 Å². The van der Waals surface area contributed by atoms with Crippen LogP contribution >= 0.6 is 0 Å². The smallest absolute Gasteiger partial charge is 0.407 e. The van der Waals surface area contributed by atoms with Crippen molar-refractivity contribution in [1.82, 2.24) is 5.32 Å². The molecule has 0 aliphatic carbocycles. The van der Waals surface area contributed by atoms with Crippen molar-refractivity contribution in [2.45, 2.75) is 78.0 Å². The van der Waals surface area contributed by atoms with Gasteiger partial charge >= 0.3 is 6.09 Å². The van der Waals surface area contributed by atoms with Gasteiger partial charge < -0.3 is 15.8 Å². The molecule has 120 valence electrons. The van der Waals surface area contributed by atoms with Crippen LogP contribution < -0.4 is 11.1 Å². The molecule has 0 spiro atoms. The molecular weight excluding hydrogens is 268 g/mol. The van der Waals surface area contributed by atoms with Crippen LogP contribution in [0.5, 0.6) is 0 Å². The number of rotatable bonds is 5. The molecule has 0 bridgehead atoms. The molecule has 0 aliphatic rings. The van der Waals surface area contributed by atoms with Gasteiger partial charge in [0.05, 0.1) is 12.1 Å². The zero-order chi connectivity index (χ0) is 16.9. The predicted octanol–water partition coefficient (Wildman–Crippen LogP) is 2.84. The lowest BCUT2D eigenvalue weighted by Gasteiger charge is -2.21. The lowest BCUT2D eigenvalue weighted by molar-refractivity contribution is 0.0506. The van der Waals surface area contributed by atoms with E-state index in [9.17, 15) is 4.79 Å². The van der Waals surface area contributed by atoms with Crippen molar-refractivity contribution >= 4 is 6.09 Å². The molecule has 0 saturated heterocycles. The summed E-state index contributed by atoms with van der Waals surface area (Å²) in [6, 6.07) is 4.20. The molecular formula is C15H28N4O2. The van der Waals surface area contributed by atoms with Crippen molar-refractivity contribution in [3.63, 3.8) is 0 Å². The number of hydrogen-bond donors (Lipinski definition) is 2. The number of carbonyl (C=O) groups excluding carboxylic acids is 1. The highest BCUT2D eigenvalue weighted by Gasteiger charge is 2.17. The molecule has 0 rings (SSSR count). The average Bonchev–Trinajstić information content (AvgIpc) is 2.32. The van der Waals surface area contributed by atoms with E-state index in [2.05, 4.69) is 5.32 Å². The Kier molecular flexibility index (Phi) is 12.3. The van der Waals surface area contributed by atoms with Gasteiger partial charge in [-0.2, -0.15) is 10.5 Å². The first kappa shape index (κ1) is 21.5. The van der Waals surface area contributed by atoms with Gasteiger partial charge in [-0.15, -0.1) is 0 Å². The molecule has 0 heterocycles. The maximum Gasteiger partial charge on any atom is 0.407 e. The summed E-state index contributed by atoms with van der Waals surface area (Å²) in [7, 11) is 0. The Balaban J connectivity index is 0. The van der Waals surface area contributed by atoms with Gasteiger partial charge in [0.15, 0.2) is 0 Å². The van der Waals surface area contributed by atoms with E-state index in [0.29, 0.717) is 19.3 Å². The first-order chi connectivity index (χ1) is 9.62. The fourth-order valence-electron chi connectivity index (χ4n) is 1.15. The molecule has 0 fully saturated rings. The lowest BCUT2D eigenvalue weighted by atomic mass is 10.2. The molecule has 6 nitrogen and oxygen atoms in total. The molecule has 0 aliphatic heterocycles. The largest absolute Gasteiger partial charge is 0.444 e. The minimum Gasteiger partial charge on any atom is -0.444 e. The van der Waals surface area contributed by atoms with E-state index in [1.807, 2.05) is 46.8 Å². The van der Waals surface area contributed by atoms with Crippen LogP contribution in [0.3, 0.4) is 0 Å². The standard InChI is InChI=1S/C10H18N2O2.C5H10N2/c1-8(6-5-7-11)12-9(13)14-10(2,3)4;1-5(7)3-2-4-6/h8H,5-6H2,1-4H3,(H,12,13);5H,2-3,7H2,1H3/t8-;5-/m11/s1. The Hall–Kier alpha value is -1.79. The highest BCUT2D eigenvalue weighted by molar-refractivity contribution is 5.67. The summed E-state index contributed by atoms with van der Waals surface area (Å²) in [5.41, 5.74) is 4.85. The second-order valence-corrected chi connectivity index (χ2v) is 5.92. The summed E-state index contributed by atoms with van der Waals surface area (Å²) in [6.45, 7) is 9.18. The SMILES string of the molecule is C[C@@H](N)CCC#N.C[C@H](CCC#N)NC(=O)OC(C)(C)C. The average molecular weight is 296 g/mol. The first-order valence-electron chi connectivity index (χ1n) is 7.11. The summed E-state index contributed by atoms with van der Waals surface area (Å²) in [6.07, 6.45) is 2.06. The predicted molar refractivity (Wildman–Crippen MR) is 82.2 cm³/mol. The zero-order valence-corrected chi connectivity index (χ0v) is 13.8. The van der Waals surface area contributed by atoms with Crippen molar-refractivity contribution in [2.24, 2.45) is 5.73 Å². The number of amides is 1. The van der Waals surface area contributed by atoms with E-state index in [0.717, 1.165) is 6.42 Å². The minimum absolute atomic E-state index is 0.0236. The molecule has 0 unspecified atom stereocenters. The first-order valence-corrected chi connectivity index (χ1v) is 7.11. The fraction of sp³-hybridized carbons (Fsp3) is 0.800. The molecule has 1 amide bonds. The van der Waals surface area contributed by atoms with E-state index in [1.165, 1.54) is 0 Å². The van der Waals surface area contributed by atoms with Crippen LogP contribution in [0.15, 0.2) is 0 Å². The molecule has 21 heavy (non-hydrogen) atoms. The Morgan fingerprint density at radius 1 is 1.19 bits per heavy atom. The van der Waals surface area contributed by atoms with Crippen LogP contribution in [0.25, 0.3) is 0 Å². The Morgan fingerprint density at radius 2 is 1.67 bits per heavy atom. The molecule has 0 aromatic carbocycles. The van der Waals surface area contributed by atoms with Gasteiger partial charge in [0.2, 0.25) is 0 Å². The van der Waals surface area contributed by atoms with E-state index >= 15 is 0 Å². The third-order valence-corrected chi connectivity index (χ3v) is 2.16. The number of carbonyl (C=O) groups is 1. The Bertz CT molecular complexity index is 361. The number of nitrogens with two attached hydrogens (primary N) is 1. The summed E-state index contributed by atoms with van der Waals surface area (Å²) in [5.74, 6) is 0. The van der Waals surface area contributed by atoms with E-state index in [4.69, 9.17) is 21.0 Å². The summed E-state index contributed by atoms with van der Waals surface area (Å²) < 4.78 is 5.06. The van der Waals surface area contributed by atoms with Gasteiger partial charge in [0, 0.05) is 24.9 Å². The van der Waals surface area contributed by atoms with Crippen LogP contribution in [0, 0.1) is 22.7 Å².